The van der Waals surface area contributed by atoms with Gasteiger partial charge in [0.05, 0.1) is 12.2 Å². The van der Waals surface area contributed by atoms with Crippen molar-refractivity contribution in [1.29, 1.82) is 0 Å². The van der Waals surface area contributed by atoms with Crippen molar-refractivity contribution in [2.45, 2.75) is 69.1 Å². The highest BCUT2D eigenvalue weighted by Gasteiger charge is 2.50. The van der Waals surface area contributed by atoms with Gasteiger partial charge in [-0.05, 0) is 39.0 Å². The van der Waals surface area contributed by atoms with Crippen LogP contribution in [0.5, 0.6) is 5.75 Å². The average molecular weight is 440 g/mol. The molecule has 0 aliphatic carbocycles. The molecule has 0 spiro atoms. The Morgan fingerprint density at radius 2 is 1.68 bits per heavy atom. The van der Waals surface area contributed by atoms with Crippen molar-refractivity contribution in [3.8, 4) is 5.75 Å². The van der Waals surface area contributed by atoms with Crippen LogP contribution >= 0.6 is 0 Å². The van der Waals surface area contributed by atoms with E-state index in [0.29, 0.717) is 5.39 Å². The van der Waals surface area contributed by atoms with Crippen LogP contribution in [0.2, 0.25) is 0 Å². The first kappa shape index (κ1) is 23.6. The van der Waals surface area contributed by atoms with Gasteiger partial charge in [-0.15, -0.1) is 0 Å². The predicted octanol–water partition coefficient (Wildman–Crippen LogP) is -0.613. The van der Waals surface area contributed by atoms with E-state index in [1.807, 2.05) is 0 Å². The topological polar surface area (TPSA) is 170 Å². The van der Waals surface area contributed by atoms with Crippen LogP contribution in [0.25, 0.3) is 11.0 Å². The van der Waals surface area contributed by atoms with Crippen LogP contribution in [-0.2, 0) is 15.9 Å². The maximum atomic E-state index is 11.7. The minimum atomic E-state index is -1.68. The van der Waals surface area contributed by atoms with Gasteiger partial charge in [-0.3, -0.25) is 0 Å². The van der Waals surface area contributed by atoms with Crippen LogP contribution in [0.3, 0.4) is 0 Å². The maximum Gasteiger partial charge on any atom is 0.336 e. The molecule has 3 rings (SSSR count). The van der Waals surface area contributed by atoms with E-state index in [1.54, 1.807) is 6.07 Å². The molecule has 0 radical (unpaired) electrons. The van der Waals surface area contributed by atoms with Crippen molar-refractivity contribution in [1.82, 2.24) is 0 Å². The third-order valence-electron chi connectivity index (χ3n) is 5.90. The number of rotatable bonds is 6. The number of phenolic OH excluding ortho intramolecular Hbond substituents is 1. The largest absolute Gasteiger partial charge is 0.508 e. The summed E-state index contributed by atoms with van der Waals surface area (Å²) in [6.07, 6.45) is -7.80. The summed E-state index contributed by atoms with van der Waals surface area (Å²) in [7, 11) is 0. The smallest absolute Gasteiger partial charge is 0.336 e. The number of aliphatic hydroxyl groups excluding tert-OH is 4. The summed E-state index contributed by atoms with van der Waals surface area (Å²) in [5.74, 6) is -0.199. The fourth-order valence-corrected chi connectivity index (χ4v) is 3.51. The quantitative estimate of drug-likeness (QED) is 0.318. The molecule has 172 valence electrons. The lowest BCUT2D eigenvalue weighted by atomic mass is 9.81. The number of aromatic hydroxyl groups is 1. The molecule has 31 heavy (non-hydrogen) atoms. The molecule has 1 aromatic carbocycles. The normalized spacial score (nSPS) is 29.1. The molecule has 6 atom stereocenters. The van der Waals surface area contributed by atoms with Crippen LogP contribution in [0.4, 0.5) is 0 Å². The first-order valence-electron chi connectivity index (χ1n) is 9.83. The summed E-state index contributed by atoms with van der Waals surface area (Å²) < 4.78 is 16.6. The lowest BCUT2D eigenvalue weighted by molar-refractivity contribution is -0.341. The molecule has 2 heterocycles. The summed E-state index contributed by atoms with van der Waals surface area (Å²) >= 11 is 0. The Labute approximate surface area is 177 Å². The monoisotopic (exact) mass is 440 g/mol. The van der Waals surface area contributed by atoms with Crippen molar-refractivity contribution in [2.75, 3.05) is 6.61 Å². The van der Waals surface area contributed by atoms with E-state index in [-0.39, 0.29) is 23.3 Å². The minimum absolute atomic E-state index is 0.111. The second-order valence-electron chi connectivity index (χ2n) is 8.52. The van der Waals surface area contributed by atoms with Crippen LogP contribution in [0.1, 0.15) is 26.3 Å². The van der Waals surface area contributed by atoms with E-state index in [1.165, 1.54) is 39.0 Å². The fraction of sp³-hybridized carbons (Fsp3) is 0.571. The number of fused-ring (bicyclic) bond motifs is 1. The van der Waals surface area contributed by atoms with E-state index < -0.39 is 54.1 Å². The number of phenols is 1. The molecule has 0 amide bonds. The summed E-state index contributed by atoms with van der Waals surface area (Å²) in [6, 6.07) is 5.75. The highest BCUT2D eigenvalue weighted by Crippen LogP contribution is 2.38. The van der Waals surface area contributed by atoms with Crippen LogP contribution < -0.4 is 5.63 Å². The molecular weight excluding hydrogens is 412 g/mol. The summed E-state index contributed by atoms with van der Waals surface area (Å²) in [5, 5.41) is 61.6. The van der Waals surface area contributed by atoms with Crippen molar-refractivity contribution < 1.29 is 44.5 Å². The van der Waals surface area contributed by atoms with Gasteiger partial charge in [0.15, 0.2) is 6.29 Å². The Morgan fingerprint density at radius 1 is 1.03 bits per heavy atom. The van der Waals surface area contributed by atoms with Gasteiger partial charge in [0.1, 0.15) is 41.3 Å². The van der Waals surface area contributed by atoms with Crippen LogP contribution in [0.15, 0.2) is 33.5 Å². The second kappa shape index (κ2) is 8.47. The van der Waals surface area contributed by atoms with Gasteiger partial charge in [0.2, 0.25) is 0 Å². The zero-order valence-corrected chi connectivity index (χ0v) is 17.4. The Kier molecular flexibility index (Phi) is 6.45. The van der Waals surface area contributed by atoms with Crippen molar-refractivity contribution in [3.05, 3.63) is 40.2 Å². The highest BCUT2D eigenvalue weighted by atomic mass is 16.7. The van der Waals surface area contributed by atoms with Gasteiger partial charge in [-0.2, -0.15) is 0 Å². The number of ether oxygens (including phenoxy) is 2. The Morgan fingerprint density at radius 3 is 2.29 bits per heavy atom. The predicted molar refractivity (Wildman–Crippen MR) is 107 cm³/mol. The third-order valence-corrected chi connectivity index (χ3v) is 5.90. The molecule has 1 aliphatic rings. The maximum absolute atomic E-state index is 11.7. The SMILES string of the molecule is CC(C)(O)[C@@](C)(Cc1c(O)ccc2ccc(=O)oc12)O[C@H]1O[C@H](CO)[C@@H](O)[C@H](O)[C@H]1O. The standard InChI is InChI=1S/C21H28O10/c1-20(2,28)21(3,31-19-17(27)16(26)15(25)13(9-22)29-19)8-11-12(23)6-4-10-5-7-14(24)30-18(10)11/h4-7,13,15-17,19,22-23,25-28H,8-9H2,1-3H3/t13-,15-,16+,17-,19-,21-/m1/s1. The third kappa shape index (κ3) is 4.46. The summed E-state index contributed by atoms with van der Waals surface area (Å²) in [5.41, 5.74) is -3.47. The zero-order chi connectivity index (χ0) is 23.1. The second-order valence-corrected chi connectivity index (χ2v) is 8.52. The lowest BCUT2D eigenvalue weighted by Gasteiger charge is -2.47. The molecule has 2 aromatic rings. The molecular formula is C21H28O10. The van der Waals surface area contributed by atoms with Gasteiger partial charge in [-0.25, -0.2) is 4.79 Å². The lowest BCUT2D eigenvalue weighted by Crippen LogP contribution is -2.63. The van der Waals surface area contributed by atoms with E-state index in [2.05, 4.69) is 0 Å². The Hall–Kier alpha value is -2.05. The number of aliphatic hydroxyl groups is 5. The molecule has 6 N–H and O–H groups in total. The molecule has 10 heteroatoms. The Balaban J connectivity index is 2.01. The molecule has 1 aliphatic heterocycles. The van der Waals surface area contributed by atoms with Gasteiger partial charge >= 0.3 is 5.63 Å². The van der Waals surface area contributed by atoms with Crippen molar-refractivity contribution >= 4 is 11.0 Å². The molecule has 0 bridgehead atoms. The van der Waals surface area contributed by atoms with Gasteiger partial charge in [-0.1, -0.05) is 0 Å². The summed E-state index contributed by atoms with van der Waals surface area (Å²) in [4.78, 5) is 11.7. The zero-order valence-electron chi connectivity index (χ0n) is 17.4. The first-order valence-corrected chi connectivity index (χ1v) is 9.83. The van der Waals surface area contributed by atoms with Gasteiger partial charge < -0.3 is 44.5 Å². The fourth-order valence-electron chi connectivity index (χ4n) is 3.51. The van der Waals surface area contributed by atoms with E-state index in [4.69, 9.17) is 13.9 Å². The molecule has 1 aromatic heterocycles. The van der Waals surface area contributed by atoms with E-state index in [9.17, 15) is 35.4 Å². The number of hydrogen-bond donors (Lipinski definition) is 6. The van der Waals surface area contributed by atoms with Crippen LogP contribution in [-0.4, -0.2) is 79.2 Å². The summed E-state index contributed by atoms with van der Waals surface area (Å²) in [6.45, 7) is 3.73. The molecule has 1 fully saturated rings. The minimum Gasteiger partial charge on any atom is -0.508 e. The van der Waals surface area contributed by atoms with Gasteiger partial charge in [0.25, 0.3) is 0 Å². The average Bonchev–Trinajstić information content (AvgIpc) is 2.70. The Bertz CT molecular complexity index is 978. The first-order chi connectivity index (χ1) is 14.4. The van der Waals surface area contributed by atoms with E-state index in [0.717, 1.165) is 0 Å². The number of benzene rings is 1. The highest BCUT2D eigenvalue weighted by molar-refractivity contribution is 5.82. The molecule has 0 unspecified atom stereocenters. The number of hydrogen-bond acceptors (Lipinski definition) is 10. The molecule has 1 saturated heterocycles. The van der Waals surface area contributed by atoms with E-state index >= 15 is 0 Å². The van der Waals surface area contributed by atoms with Gasteiger partial charge in [0, 0.05) is 23.4 Å². The van der Waals surface area contributed by atoms with Crippen LogP contribution in [0, 0.1) is 0 Å². The molecule has 0 saturated carbocycles. The molecule has 10 nitrogen and oxygen atoms in total. The van der Waals surface area contributed by atoms with Crippen molar-refractivity contribution in [3.63, 3.8) is 0 Å². The van der Waals surface area contributed by atoms with Crippen molar-refractivity contribution in [2.24, 2.45) is 0 Å².